The molecule has 0 radical (unpaired) electrons. The number of anilines is 1. The third kappa shape index (κ3) is 2.26. The smallest absolute Gasteiger partial charge is 0.0605 e. The van der Waals surface area contributed by atoms with Gasteiger partial charge in [0, 0.05) is 8.95 Å². The van der Waals surface area contributed by atoms with Crippen molar-refractivity contribution in [3.63, 3.8) is 0 Å². The summed E-state index contributed by atoms with van der Waals surface area (Å²) in [5.41, 5.74) is 8.00. The molecule has 0 aliphatic carbocycles. The molecule has 0 unspecified atom stereocenters. The van der Waals surface area contributed by atoms with Gasteiger partial charge in [-0.2, -0.15) is 0 Å². The fourth-order valence-corrected chi connectivity index (χ4v) is 2.69. The molecular weight excluding hydrogens is 294 g/mol. The Morgan fingerprint density at radius 3 is 2.15 bits per heavy atom. The molecule has 0 saturated carbocycles. The molecule has 1 aromatic rings. The lowest BCUT2D eigenvalue weighted by Gasteiger charge is -2.22. The van der Waals surface area contributed by atoms with E-state index in [4.69, 9.17) is 5.73 Å². The van der Waals surface area contributed by atoms with Crippen molar-refractivity contribution < 1.29 is 0 Å². The lowest BCUT2D eigenvalue weighted by atomic mass is 9.87. The number of nitrogen functional groups attached to an aromatic ring is 1. The van der Waals surface area contributed by atoms with Crippen LogP contribution in [0, 0.1) is 0 Å². The minimum atomic E-state index is 0.119. The number of hydrogen-bond donors (Lipinski definition) is 1. The summed E-state index contributed by atoms with van der Waals surface area (Å²) in [5, 5.41) is 0. The molecule has 0 spiro atoms. The average molecular weight is 307 g/mol. The lowest BCUT2D eigenvalue weighted by Crippen LogP contribution is -2.12. The highest BCUT2D eigenvalue weighted by molar-refractivity contribution is 9.11. The number of halogens is 2. The summed E-state index contributed by atoms with van der Waals surface area (Å²) in [4.78, 5) is 0. The van der Waals surface area contributed by atoms with Crippen LogP contribution in [-0.4, -0.2) is 0 Å². The Morgan fingerprint density at radius 1 is 1.15 bits per heavy atom. The van der Waals surface area contributed by atoms with Crippen LogP contribution in [0.3, 0.4) is 0 Å². The van der Waals surface area contributed by atoms with Crippen molar-refractivity contribution in [2.24, 2.45) is 0 Å². The molecule has 1 nitrogen and oxygen atoms in total. The Morgan fingerprint density at radius 2 is 1.69 bits per heavy atom. The molecule has 0 bridgehead atoms. The van der Waals surface area contributed by atoms with Gasteiger partial charge in [-0.05, 0) is 48.9 Å². The Hall–Kier alpha value is -0.0200. The van der Waals surface area contributed by atoms with E-state index in [9.17, 15) is 0 Å². The van der Waals surface area contributed by atoms with E-state index in [1.54, 1.807) is 0 Å². The third-order valence-electron chi connectivity index (χ3n) is 1.93. The maximum atomic E-state index is 5.89. The van der Waals surface area contributed by atoms with Crippen LogP contribution in [0.1, 0.15) is 26.3 Å². The molecule has 3 heteroatoms. The molecule has 0 aliphatic heterocycles. The maximum absolute atomic E-state index is 5.89. The van der Waals surface area contributed by atoms with Crippen molar-refractivity contribution in [2.75, 3.05) is 5.73 Å². The Labute approximate surface area is 96.0 Å². The first-order valence-corrected chi connectivity index (χ1v) is 5.66. The fourth-order valence-electron chi connectivity index (χ4n) is 1.15. The van der Waals surface area contributed by atoms with Crippen LogP contribution < -0.4 is 5.73 Å². The van der Waals surface area contributed by atoms with Crippen molar-refractivity contribution in [3.05, 3.63) is 26.6 Å². The predicted molar refractivity (Wildman–Crippen MR) is 65.0 cm³/mol. The van der Waals surface area contributed by atoms with E-state index in [0.717, 1.165) is 14.6 Å². The van der Waals surface area contributed by atoms with Gasteiger partial charge in [0.1, 0.15) is 0 Å². The zero-order chi connectivity index (χ0) is 10.2. The molecule has 0 aromatic heterocycles. The van der Waals surface area contributed by atoms with Crippen LogP contribution in [0.25, 0.3) is 0 Å². The molecule has 1 aromatic carbocycles. The van der Waals surface area contributed by atoms with Crippen LogP contribution in [0.15, 0.2) is 21.1 Å². The molecular formula is C10H13Br2N. The standard InChI is InChI=1S/C10H13Br2N/c1-10(2,3)6-4-5-7(11)9(13)8(6)12/h4-5H,13H2,1-3H3. The third-order valence-corrected chi connectivity index (χ3v) is 3.48. The van der Waals surface area contributed by atoms with Crippen LogP contribution >= 0.6 is 31.9 Å². The second-order valence-corrected chi connectivity index (χ2v) is 5.72. The second-order valence-electron chi connectivity index (χ2n) is 4.07. The topological polar surface area (TPSA) is 26.0 Å². The molecule has 1 rings (SSSR count). The van der Waals surface area contributed by atoms with Crippen molar-refractivity contribution >= 4 is 37.5 Å². The Kier molecular flexibility index (Phi) is 3.08. The highest BCUT2D eigenvalue weighted by atomic mass is 79.9. The maximum Gasteiger partial charge on any atom is 0.0605 e. The summed E-state index contributed by atoms with van der Waals surface area (Å²) in [6.07, 6.45) is 0. The molecule has 72 valence electrons. The molecule has 2 N–H and O–H groups in total. The first-order valence-electron chi connectivity index (χ1n) is 4.08. The molecule has 0 fully saturated rings. The number of benzene rings is 1. The second kappa shape index (κ2) is 3.62. The van der Waals surface area contributed by atoms with Gasteiger partial charge in [-0.3, -0.25) is 0 Å². The van der Waals surface area contributed by atoms with E-state index < -0.39 is 0 Å². The van der Waals surface area contributed by atoms with E-state index in [0.29, 0.717) is 0 Å². The SMILES string of the molecule is CC(C)(C)c1ccc(Br)c(N)c1Br. The first-order chi connectivity index (χ1) is 5.84. The van der Waals surface area contributed by atoms with Crippen LogP contribution in [0.4, 0.5) is 5.69 Å². The number of nitrogens with two attached hydrogens (primary N) is 1. The summed E-state index contributed by atoms with van der Waals surface area (Å²) < 4.78 is 1.93. The van der Waals surface area contributed by atoms with Crippen molar-refractivity contribution in [1.82, 2.24) is 0 Å². The lowest BCUT2D eigenvalue weighted by molar-refractivity contribution is 0.587. The molecule has 0 amide bonds. The van der Waals surface area contributed by atoms with E-state index in [1.807, 2.05) is 6.07 Å². The zero-order valence-corrected chi connectivity index (χ0v) is 11.2. The Bertz CT molecular complexity index is 326. The fraction of sp³-hybridized carbons (Fsp3) is 0.400. The molecule has 13 heavy (non-hydrogen) atoms. The minimum absolute atomic E-state index is 0.119. The predicted octanol–water partition coefficient (Wildman–Crippen LogP) is 4.09. The normalized spacial score (nSPS) is 11.8. The Balaban J connectivity index is 3.35. The number of hydrogen-bond acceptors (Lipinski definition) is 1. The molecule has 0 saturated heterocycles. The van der Waals surface area contributed by atoms with E-state index >= 15 is 0 Å². The first kappa shape index (κ1) is 11.1. The largest absolute Gasteiger partial charge is 0.397 e. The summed E-state index contributed by atoms with van der Waals surface area (Å²) in [5.74, 6) is 0. The molecule has 0 aliphatic rings. The van der Waals surface area contributed by atoms with Crippen LogP contribution in [-0.2, 0) is 5.41 Å². The van der Waals surface area contributed by atoms with Gasteiger partial charge in [0.25, 0.3) is 0 Å². The van der Waals surface area contributed by atoms with Gasteiger partial charge in [0.15, 0.2) is 0 Å². The van der Waals surface area contributed by atoms with Crippen molar-refractivity contribution in [2.45, 2.75) is 26.2 Å². The summed E-state index contributed by atoms with van der Waals surface area (Å²) in [7, 11) is 0. The molecule has 0 atom stereocenters. The van der Waals surface area contributed by atoms with E-state index in [1.165, 1.54) is 5.56 Å². The number of rotatable bonds is 0. The summed E-state index contributed by atoms with van der Waals surface area (Å²) >= 11 is 6.90. The van der Waals surface area contributed by atoms with Crippen LogP contribution in [0.5, 0.6) is 0 Å². The van der Waals surface area contributed by atoms with Gasteiger partial charge >= 0.3 is 0 Å². The van der Waals surface area contributed by atoms with Crippen LogP contribution in [0.2, 0.25) is 0 Å². The minimum Gasteiger partial charge on any atom is -0.397 e. The van der Waals surface area contributed by atoms with Gasteiger partial charge < -0.3 is 5.73 Å². The summed E-state index contributed by atoms with van der Waals surface area (Å²) in [6, 6.07) is 4.07. The monoisotopic (exact) mass is 305 g/mol. The van der Waals surface area contributed by atoms with Crippen molar-refractivity contribution in [3.8, 4) is 0 Å². The quantitative estimate of drug-likeness (QED) is 0.718. The van der Waals surface area contributed by atoms with Gasteiger partial charge in [-0.25, -0.2) is 0 Å². The van der Waals surface area contributed by atoms with E-state index in [-0.39, 0.29) is 5.41 Å². The van der Waals surface area contributed by atoms with Gasteiger partial charge in [-0.15, -0.1) is 0 Å². The van der Waals surface area contributed by atoms with E-state index in [2.05, 4.69) is 58.7 Å². The highest BCUT2D eigenvalue weighted by Gasteiger charge is 2.18. The molecule has 0 heterocycles. The van der Waals surface area contributed by atoms with Gasteiger partial charge in [0.05, 0.1) is 5.69 Å². The summed E-state index contributed by atoms with van der Waals surface area (Å²) in [6.45, 7) is 6.50. The average Bonchev–Trinajstić information content (AvgIpc) is 1.98. The van der Waals surface area contributed by atoms with Gasteiger partial charge in [0.2, 0.25) is 0 Å². The highest BCUT2D eigenvalue weighted by Crippen LogP contribution is 2.37. The van der Waals surface area contributed by atoms with Crippen molar-refractivity contribution in [1.29, 1.82) is 0 Å². The van der Waals surface area contributed by atoms with Gasteiger partial charge in [-0.1, -0.05) is 26.8 Å². The zero-order valence-electron chi connectivity index (χ0n) is 7.99.